The summed E-state index contributed by atoms with van der Waals surface area (Å²) >= 11 is 0. The minimum absolute atomic E-state index is 0.234. The second-order valence-corrected chi connectivity index (χ2v) is 5.26. The van der Waals surface area contributed by atoms with Crippen molar-refractivity contribution in [2.75, 3.05) is 0 Å². The number of carbonyl (C=O) groups excluding carboxylic acids is 1. The Morgan fingerprint density at radius 3 is 2.40 bits per heavy atom. The summed E-state index contributed by atoms with van der Waals surface area (Å²) in [7, 11) is 0. The van der Waals surface area contributed by atoms with Crippen LogP contribution in [0.2, 0.25) is 0 Å². The van der Waals surface area contributed by atoms with Gasteiger partial charge in [0.2, 0.25) is 11.7 Å². The average Bonchev–Trinajstić information content (AvgIpc) is 3.03. The molecule has 3 rings (SSSR count). The van der Waals surface area contributed by atoms with Crippen molar-refractivity contribution in [1.29, 1.82) is 0 Å². The fraction of sp³-hybridized carbons (Fsp3) is 0.125. The van der Waals surface area contributed by atoms with Crippen LogP contribution in [0.15, 0.2) is 42.5 Å². The van der Waals surface area contributed by atoms with Gasteiger partial charge in [0.25, 0.3) is 0 Å². The normalized spacial score (nSPS) is 12.1. The maximum absolute atomic E-state index is 13.7. The summed E-state index contributed by atoms with van der Waals surface area (Å²) in [5.74, 6) is -2.03. The lowest BCUT2D eigenvalue weighted by atomic mass is 10.1. The molecule has 7 nitrogen and oxygen atoms in total. The molecule has 2 aromatic carbocycles. The summed E-state index contributed by atoms with van der Waals surface area (Å²) in [5, 5.41) is 21.7. The van der Waals surface area contributed by atoms with Gasteiger partial charge in [0.1, 0.15) is 17.7 Å². The first kappa shape index (κ1) is 16.7. The van der Waals surface area contributed by atoms with Crippen molar-refractivity contribution < 1.29 is 18.7 Å². The van der Waals surface area contributed by atoms with E-state index in [4.69, 9.17) is 5.73 Å². The highest BCUT2D eigenvalue weighted by molar-refractivity contribution is 5.93. The molecule has 128 valence electrons. The topological polar surface area (TPSA) is 107 Å². The maximum atomic E-state index is 13.7. The van der Waals surface area contributed by atoms with Crippen LogP contribution >= 0.6 is 0 Å². The SMILES string of the molecule is NC(=O)c1ccc(-c2nnn(CC(O)c3c(F)cccc3F)n2)cc1. The minimum atomic E-state index is -1.47. The van der Waals surface area contributed by atoms with E-state index in [1.54, 1.807) is 12.1 Å². The van der Waals surface area contributed by atoms with Crippen molar-refractivity contribution in [3.05, 3.63) is 65.2 Å². The molecule has 0 aliphatic carbocycles. The van der Waals surface area contributed by atoms with Crippen LogP contribution < -0.4 is 5.73 Å². The van der Waals surface area contributed by atoms with E-state index in [9.17, 15) is 18.7 Å². The smallest absolute Gasteiger partial charge is 0.248 e. The Kier molecular flexibility index (Phi) is 4.48. The summed E-state index contributed by atoms with van der Waals surface area (Å²) in [6.45, 7) is -0.274. The van der Waals surface area contributed by atoms with Crippen LogP contribution in [0.25, 0.3) is 11.4 Å². The minimum Gasteiger partial charge on any atom is -0.386 e. The molecule has 0 saturated heterocycles. The third-order valence-corrected chi connectivity index (χ3v) is 3.55. The predicted molar refractivity (Wildman–Crippen MR) is 83.1 cm³/mol. The number of nitrogens with zero attached hydrogens (tertiary/aromatic N) is 4. The fourth-order valence-electron chi connectivity index (χ4n) is 2.29. The molecule has 0 bridgehead atoms. The first-order valence-electron chi connectivity index (χ1n) is 7.25. The van der Waals surface area contributed by atoms with Crippen LogP contribution in [0, 0.1) is 11.6 Å². The van der Waals surface area contributed by atoms with Crippen LogP contribution in [0.3, 0.4) is 0 Å². The molecule has 3 aromatic rings. The highest BCUT2D eigenvalue weighted by Gasteiger charge is 2.19. The van der Waals surface area contributed by atoms with Crippen LogP contribution in [-0.4, -0.2) is 31.2 Å². The molecule has 9 heteroatoms. The number of amides is 1. The number of aromatic nitrogens is 4. The summed E-state index contributed by atoms with van der Waals surface area (Å²) in [5.41, 5.74) is 5.62. The Hall–Kier alpha value is -3.20. The van der Waals surface area contributed by atoms with E-state index in [0.29, 0.717) is 11.1 Å². The number of carbonyl (C=O) groups is 1. The van der Waals surface area contributed by atoms with Gasteiger partial charge in [-0.25, -0.2) is 8.78 Å². The van der Waals surface area contributed by atoms with E-state index in [0.717, 1.165) is 16.9 Å². The fourth-order valence-corrected chi connectivity index (χ4v) is 2.29. The molecule has 1 atom stereocenters. The third-order valence-electron chi connectivity index (χ3n) is 3.55. The highest BCUT2D eigenvalue weighted by atomic mass is 19.1. The van der Waals surface area contributed by atoms with Gasteiger partial charge >= 0.3 is 0 Å². The van der Waals surface area contributed by atoms with E-state index in [1.165, 1.54) is 18.2 Å². The number of hydrogen-bond acceptors (Lipinski definition) is 5. The lowest BCUT2D eigenvalue weighted by molar-refractivity contribution is 0.1000. The van der Waals surface area contributed by atoms with Crippen LogP contribution in [0.4, 0.5) is 8.78 Å². The van der Waals surface area contributed by atoms with Crippen molar-refractivity contribution in [1.82, 2.24) is 20.2 Å². The largest absolute Gasteiger partial charge is 0.386 e. The van der Waals surface area contributed by atoms with Gasteiger partial charge in [-0.1, -0.05) is 18.2 Å². The predicted octanol–water partition coefficient (Wildman–Crippen LogP) is 1.45. The highest BCUT2D eigenvalue weighted by Crippen LogP contribution is 2.22. The zero-order chi connectivity index (χ0) is 18.0. The van der Waals surface area contributed by atoms with Gasteiger partial charge in [0.15, 0.2) is 0 Å². The third kappa shape index (κ3) is 3.50. The zero-order valence-corrected chi connectivity index (χ0v) is 12.8. The molecule has 1 heterocycles. The number of benzene rings is 2. The van der Waals surface area contributed by atoms with Crippen molar-refractivity contribution in [3.8, 4) is 11.4 Å². The summed E-state index contributed by atoms with van der Waals surface area (Å²) < 4.78 is 27.3. The summed E-state index contributed by atoms with van der Waals surface area (Å²) in [4.78, 5) is 12.1. The summed E-state index contributed by atoms with van der Waals surface area (Å²) in [6.07, 6.45) is -1.47. The monoisotopic (exact) mass is 345 g/mol. The molecule has 1 unspecified atom stereocenters. The first-order chi connectivity index (χ1) is 12.0. The number of hydrogen-bond donors (Lipinski definition) is 2. The number of tetrazole rings is 1. The molecule has 1 amide bonds. The molecule has 0 fully saturated rings. The van der Waals surface area contributed by atoms with Gasteiger partial charge in [-0.2, -0.15) is 4.80 Å². The molecule has 0 aliphatic rings. The second-order valence-electron chi connectivity index (χ2n) is 5.26. The number of halogens is 2. The van der Waals surface area contributed by atoms with Crippen LogP contribution in [0.1, 0.15) is 22.0 Å². The molecule has 1 aromatic heterocycles. The van der Waals surface area contributed by atoms with E-state index in [1.807, 2.05) is 0 Å². The van der Waals surface area contributed by atoms with E-state index in [-0.39, 0.29) is 12.4 Å². The van der Waals surface area contributed by atoms with Gasteiger partial charge in [0.05, 0.1) is 12.1 Å². The Labute approximate surface area is 140 Å². The number of aliphatic hydroxyl groups excluding tert-OH is 1. The number of nitrogens with two attached hydrogens (primary N) is 1. The van der Waals surface area contributed by atoms with Gasteiger partial charge < -0.3 is 10.8 Å². The van der Waals surface area contributed by atoms with Crippen molar-refractivity contribution in [2.24, 2.45) is 5.73 Å². The number of rotatable bonds is 5. The molecule has 3 N–H and O–H groups in total. The van der Waals surface area contributed by atoms with E-state index < -0.39 is 29.2 Å². The molecule has 0 aliphatic heterocycles. The van der Waals surface area contributed by atoms with E-state index in [2.05, 4.69) is 15.4 Å². The molecule has 0 saturated carbocycles. The van der Waals surface area contributed by atoms with Crippen molar-refractivity contribution >= 4 is 5.91 Å². The first-order valence-corrected chi connectivity index (χ1v) is 7.25. The summed E-state index contributed by atoms with van der Waals surface area (Å²) in [6, 6.07) is 9.54. The van der Waals surface area contributed by atoms with E-state index >= 15 is 0 Å². The lowest BCUT2D eigenvalue weighted by Crippen LogP contribution is -2.14. The standard InChI is InChI=1S/C16H13F2N5O2/c17-11-2-1-3-12(18)14(11)13(24)8-23-21-16(20-22-23)10-6-4-9(5-7-10)15(19)25/h1-7,13,24H,8H2,(H2,19,25). The Morgan fingerprint density at radius 1 is 1.16 bits per heavy atom. The van der Waals surface area contributed by atoms with Gasteiger partial charge in [0, 0.05) is 11.1 Å². The average molecular weight is 345 g/mol. The zero-order valence-electron chi connectivity index (χ0n) is 12.8. The van der Waals surface area contributed by atoms with Gasteiger partial charge in [-0.05, 0) is 29.5 Å². The Morgan fingerprint density at radius 2 is 1.80 bits per heavy atom. The van der Waals surface area contributed by atoms with Crippen molar-refractivity contribution in [3.63, 3.8) is 0 Å². The Balaban J connectivity index is 1.78. The molecular formula is C16H13F2N5O2. The molecular weight excluding hydrogens is 332 g/mol. The van der Waals surface area contributed by atoms with Gasteiger partial charge in [-0.15, -0.1) is 10.2 Å². The lowest BCUT2D eigenvalue weighted by Gasteiger charge is -2.11. The second kappa shape index (κ2) is 6.73. The number of aliphatic hydroxyl groups is 1. The molecule has 0 radical (unpaired) electrons. The maximum Gasteiger partial charge on any atom is 0.248 e. The Bertz CT molecular complexity index is 891. The van der Waals surface area contributed by atoms with Crippen LogP contribution in [0.5, 0.6) is 0 Å². The number of primary amides is 1. The van der Waals surface area contributed by atoms with Crippen molar-refractivity contribution in [2.45, 2.75) is 12.6 Å². The van der Waals surface area contributed by atoms with Crippen LogP contribution in [-0.2, 0) is 6.54 Å². The molecule has 0 spiro atoms. The molecule has 25 heavy (non-hydrogen) atoms. The van der Waals surface area contributed by atoms with Gasteiger partial charge in [-0.3, -0.25) is 4.79 Å². The quantitative estimate of drug-likeness (QED) is 0.728.